The summed E-state index contributed by atoms with van der Waals surface area (Å²) in [5.41, 5.74) is 1.20. The van der Waals surface area contributed by atoms with Gasteiger partial charge in [-0.1, -0.05) is 26.0 Å². The van der Waals surface area contributed by atoms with E-state index in [0.29, 0.717) is 5.57 Å². The molecule has 0 heterocycles. The zero-order valence-electron chi connectivity index (χ0n) is 7.72. The van der Waals surface area contributed by atoms with Gasteiger partial charge in [0, 0.05) is 11.0 Å². The Hall–Kier alpha value is -1.05. The summed E-state index contributed by atoms with van der Waals surface area (Å²) in [5.74, 6) is -0.790. The fourth-order valence-corrected chi connectivity index (χ4v) is 1.71. The SMILES string of the molecule is CC1=C(C(=O)O)C(C)(C)CC=C1. The molecule has 0 bridgehead atoms. The van der Waals surface area contributed by atoms with Gasteiger partial charge in [0.05, 0.1) is 0 Å². The van der Waals surface area contributed by atoms with Gasteiger partial charge in [-0.15, -0.1) is 0 Å². The molecular formula is C10H14O2. The second kappa shape index (κ2) is 2.77. The van der Waals surface area contributed by atoms with E-state index in [0.717, 1.165) is 12.0 Å². The van der Waals surface area contributed by atoms with Gasteiger partial charge in [-0.2, -0.15) is 0 Å². The number of hydrogen-bond acceptors (Lipinski definition) is 1. The first kappa shape index (κ1) is 9.04. The minimum absolute atomic E-state index is 0.218. The quantitative estimate of drug-likeness (QED) is 0.649. The topological polar surface area (TPSA) is 37.3 Å². The van der Waals surface area contributed by atoms with E-state index in [1.165, 1.54) is 0 Å². The van der Waals surface area contributed by atoms with Crippen LogP contribution in [-0.4, -0.2) is 11.1 Å². The van der Waals surface area contributed by atoms with Gasteiger partial charge in [-0.05, 0) is 18.9 Å². The average molecular weight is 166 g/mol. The van der Waals surface area contributed by atoms with Crippen LogP contribution in [0.4, 0.5) is 0 Å². The molecule has 12 heavy (non-hydrogen) atoms. The van der Waals surface area contributed by atoms with Crippen molar-refractivity contribution >= 4 is 5.97 Å². The van der Waals surface area contributed by atoms with Crippen molar-refractivity contribution in [3.05, 3.63) is 23.3 Å². The summed E-state index contributed by atoms with van der Waals surface area (Å²) >= 11 is 0. The molecule has 0 atom stereocenters. The van der Waals surface area contributed by atoms with Gasteiger partial charge in [0.2, 0.25) is 0 Å². The molecule has 66 valence electrons. The fraction of sp³-hybridized carbons (Fsp3) is 0.500. The van der Waals surface area contributed by atoms with Gasteiger partial charge in [-0.3, -0.25) is 0 Å². The highest BCUT2D eigenvalue weighted by Gasteiger charge is 2.30. The maximum atomic E-state index is 10.9. The smallest absolute Gasteiger partial charge is 0.332 e. The van der Waals surface area contributed by atoms with E-state index in [2.05, 4.69) is 0 Å². The minimum Gasteiger partial charge on any atom is -0.478 e. The second-order valence-electron chi connectivity index (χ2n) is 3.85. The molecular weight excluding hydrogens is 152 g/mol. The third kappa shape index (κ3) is 1.42. The second-order valence-corrected chi connectivity index (χ2v) is 3.85. The molecule has 1 rings (SSSR count). The van der Waals surface area contributed by atoms with Crippen LogP contribution in [0.1, 0.15) is 27.2 Å². The van der Waals surface area contributed by atoms with Crippen molar-refractivity contribution in [2.45, 2.75) is 27.2 Å². The molecule has 0 aliphatic heterocycles. The lowest BCUT2D eigenvalue weighted by Crippen LogP contribution is -2.23. The van der Waals surface area contributed by atoms with Crippen LogP contribution in [-0.2, 0) is 4.79 Å². The lowest BCUT2D eigenvalue weighted by Gasteiger charge is -2.28. The Morgan fingerprint density at radius 1 is 1.58 bits per heavy atom. The molecule has 2 nitrogen and oxygen atoms in total. The predicted molar refractivity (Wildman–Crippen MR) is 47.9 cm³/mol. The first-order valence-electron chi connectivity index (χ1n) is 4.06. The van der Waals surface area contributed by atoms with Crippen molar-refractivity contribution in [3.8, 4) is 0 Å². The molecule has 0 aromatic carbocycles. The van der Waals surface area contributed by atoms with E-state index in [1.807, 2.05) is 32.9 Å². The predicted octanol–water partition coefficient (Wildman–Crippen LogP) is 2.37. The molecule has 1 N–H and O–H groups in total. The zero-order valence-corrected chi connectivity index (χ0v) is 7.72. The van der Waals surface area contributed by atoms with Gasteiger partial charge in [0.25, 0.3) is 0 Å². The third-order valence-corrected chi connectivity index (χ3v) is 2.28. The molecule has 1 aliphatic rings. The minimum atomic E-state index is -0.790. The van der Waals surface area contributed by atoms with Crippen molar-refractivity contribution in [2.24, 2.45) is 5.41 Å². The summed E-state index contributed by atoms with van der Waals surface area (Å²) in [4.78, 5) is 10.9. The van der Waals surface area contributed by atoms with Gasteiger partial charge < -0.3 is 5.11 Å². The Labute approximate surface area is 72.6 Å². The van der Waals surface area contributed by atoms with E-state index >= 15 is 0 Å². The van der Waals surface area contributed by atoms with E-state index in [4.69, 9.17) is 5.11 Å². The highest BCUT2D eigenvalue weighted by molar-refractivity contribution is 5.90. The van der Waals surface area contributed by atoms with E-state index in [9.17, 15) is 4.79 Å². The molecule has 0 aromatic heterocycles. The number of rotatable bonds is 1. The Morgan fingerprint density at radius 2 is 2.17 bits per heavy atom. The number of aliphatic carboxylic acids is 1. The number of hydrogen-bond donors (Lipinski definition) is 1. The molecule has 0 saturated heterocycles. The van der Waals surface area contributed by atoms with Crippen LogP contribution in [0.5, 0.6) is 0 Å². The van der Waals surface area contributed by atoms with Crippen LogP contribution >= 0.6 is 0 Å². The van der Waals surface area contributed by atoms with E-state index in [-0.39, 0.29) is 5.41 Å². The normalized spacial score (nSPS) is 21.2. The van der Waals surface area contributed by atoms with Crippen molar-refractivity contribution in [1.29, 1.82) is 0 Å². The van der Waals surface area contributed by atoms with Gasteiger partial charge in [0.15, 0.2) is 0 Å². The number of carbonyl (C=O) groups is 1. The Morgan fingerprint density at radius 3 is 2.50 bits per heavy atom. The molecule has 0 unspecified atom stereocenters. The Balaban J connectivity index is 3.17. The van der Waals surface area contributed by atoms with Crippen LogP contribution in [0.25, 0.3) is 0 Å². The van der Waals surface area contributed by atoms with Crippen molar-refractivity contribution < 1.29 is 9.90 Å². The largest absolute Gasteiger partial charge is 0.478 e. The fourth-order valence-electron chi connectivity index (χ4n) is 1.71. The van der Waals surface area contributed by atoms with Crippen molar-refractivity contribution in [3.63, 3.8) is 0 Å². The third-order valence-electron chi connectivity index (χ3n) is 2.28. The summed E-state index contributed by atoms with van der Waals surface area (Å²) in [6.07, 6.45) is 4.72. The standard InChI is InChI=1S/C10H14O2/c1-7-5-4-6-10(2,3)8(7)9(11)12/h4-5H,6H2,1-3H3,(H,11,12). The molecule has 1 aliphatic carbocycles. The molecule has 0 spiro atoms. The average Bonchev–Trinajstić information content (AvgIpc) is 1.82. The molecule has 0 radical (unpaired) electrons. The summed E-state index contributed by atoms with van der Waals surface area (Å²) in [6, 6.07) is 0. The molecule has 0 fully saturated rings. The number of carboxylic acids is 1. The van der Waals surface area contributed by atoms with Gasteiger partial charge in [0.1, 0.15) is 0 Å². The van der Waals surface area contributed by atoms with Crippen molar-refractivity contribution in [1.82, 2.24) is 0 Å². The highest BCUT2D eigenvalue weighted by Crippen LogP contribution is 2.36. The summed E-state index contributed by atoms with van der Waals surface area (Å²) in [7, 11) is 0. The van der Waals surface area contributed by atoms with Crippen LogP contribution in [0.3, 0.4) is 0 Å². The Kier molecular flexibility index (Phi) is 2.09. The van der Waals surface area contributed by atoms with Crippen LogP contribution in [0.2, 0.25) is 0 Å². The highest BCUT2D eigenvalue weighted by atomic mass is 16.4. The van der Waals surface area contributed by atoms with Gasteiger partial charge in [-0.25, -0.2) is 4.79 Å². The first-order valence-corrected chi connectivity index (χ1v) is 4.06. The van der Waals surface area contributed by atoms with E-state index < -0.39 is 5.97 Å². The van der Waals surface area contributed by atoms with E-state index in [1.54, 1.807) is 0 Å². The zero-order chi connectivity index (χ0) is 9.35. The lowest BCUT2D eigenvalue weighted by molar-refractivity contribution is -0.133. The lowest BCUT2D eigenvalue weighted by atomic mass is 9.76. The number of carboxylic acid groups (broad SMARTS) is 1. The monoisotopic (exact) mass is 166 g/mol. The number of allylic oxidation sites excluding steroid dienone is 3. The summed E-state index contributed by atoms with van der Waals surface area (Å²) < 4.78 is 0. The Bertz CT molecular complexity index is 270. The summed E-state index contributed by atoms with van der Waals surface area (Å²) in [5, 5.41) is 8.95. The first-order chi connectivity index (χ1) is 5.45. The van der Waals surface area contributed by atoms with Gasteiger partial charge >= 0.3 is 5.97 Å². The van der Waals surface area contributed by atoms with Crippen LogP contribution in [0.15, 0.2) is 23.3 Å². The molecule has 0 saturated carbocycles. The van der Waals surface area contributed by atoms with Crippen LogP contribution in [0, 0.1) is 5.41 Å². The molecule has 0 aromatic rings. The molecule has 2 heteroatoms. The van der Waals surface area contributed by atoms with Crippen molar-refractivity contribution in [2.75, 3.05) is 0 Å². The van der Waals surface area contributed by atoms with Crippen LogP contribution < -0.4 is 0 Å². The maximum Gasteiger partial charge on any atom is 0.332 e. The molecule has 0 amide bonds. The maximum absolute atomic E-state index is 10.9. The summed E-state index contributed by atoms with van der Waals surface area (Å²) in [6.45, 7) is 5.77.